The van der Waals surface area contributed by atoms with Crippen molar-refractivity contribution in [2.45, 2.75) is 44.2 Å². The molecule has 1 heterocycles. The van der Waals surface area contributed by atoms with Gasteiger partial charge in [-0.15, -0.1) is 0 Å². The monoisotopic (exact) mass is 256 g/mol. The summed E-state index contributed by atoms with van der Waals surface area (Å²) in [6.45, 7) is 4.16. The molecule has 106 valence electrons. The van der Waals surface area contributed by atoms with Crippen molar-refractivity contribution in [2.24, 2.45) is 5.41 Å². The minimum absolute atomic E-state index is 0.320. The third-order valence-corrected chi connectivity index (χ3v) is 4.61. The molecule has 0 spiro atoms. The Morgan fingerprint density at radius 3 is 2.67 bits per heavy atom. The van der Waals surface area contributed by atoms with E-state index in [1.54, 1.807) is 0 Å². The quantitative estimate of drug-likeness (QED) is 0.748. The third-order valence-electron chi connectivity index (χ3n) is 4.61. The fraction of sp³-hybridized carbons (Fsp3) is 1.00. The molecule has 2 aliphatic rings. The second-order valence-electron chi connectivity index (χ2n) is 5.88. The molecule has 0 radical (unpaired) electrons. The molecule has 1 saturated heterocycles. The van der Waals surface area contributed by atoms with Crippen molar-refractivity contribution in [3.63, 3.8) is 0 Å². The molecule has 4 heteroatoms. The Labute approximate surface area is 111 Å². The number of nitrogens with one attached hydrogen (secondary N) is 2. The normalized spacial score (nSPS) is 31.7. The predicted molar refractivity (Wildman–Crippen MR) is 72.9 cm³/mol. The van der Waals surface area contributed by atoms with Crippen molar-refractivity contribution < 1.29 is 9.47 Å². The highest BCUT2D eigenvalue weighted by molar-refractivity contribution is 4.91. The average Bonchev–Trinajstić information content (AvgIpc) is 2.85. The maximum absolute atomic E-state index is 5.55. The van der Waals surface area contributed by atoms with Gasteiger partial charge in [0.15, 0.2) is 0 Å². The number of hydrogen-bond acceptors (Lipinski definition) is 4. The molecular weight excluding hydrogens is 228 g/mol. The zero-order chi connectivity index (χ0) is 12.8. The lowest BCUT2D eigenvalue weighted by molar-refractivity contribution is 0.0397. The van der Waals surface area contributed by atoms with Crippen LogP contribution in [0.15, 0.2) is 0 Å². The molecule has 18 heavy (non-hydrogen) atoms. The van der Waals surface area contributed by atoms with E-state index >= 15 is 0 Å². The molecule has 0 amide bonds. The molecule has 4 nitrogen and oxygen atoms in total. The lowest BCUT2D eigenvalue weighted by Gasteiger charge is -2.38. The van der Waals surface area contributed by atoms with Crippen LogP contribution in [0.5, 0.6) is 0 Å². The molecule has 2 unspecified atom stereocenters. The van der Waals surface area contributed by atoms with Gasteiger partial charge in [-0.2, -0.15) is 0 Å². The van der Waals surface area contributed by atoms with Gasteiger partial charge in [0.05, 0.1) is 12.7 Å². The van der Waals surface area contributed by atoms with E-state index in [0.717, 1.165) is 26.2 Å². The van der Waals surface area contributed by atoms with Gasteiger partial charge in [-0.3, -0.25) is 0 Å². The number of hydrogen-bond donors (Lipinski definition) is 2. The SMILES string of the molecule is COCC1(CNC2CCCC2OC)CCNCC1. The Kier molecular flexibility index (Phi) is 5.42. The van der Waals surface area contributed by atoms with Crippen LogP contribution in [0.3, 0.4) is 0 Å². The van der Waals surface area contributed by atoms with E-state index in [1.165, 1.54) is 32.1 Å². The van der Waals surface area contributed by atoms with Crippen LogP contribution in [0, 0.1) is 5.41 Å². The number of rotatable bonds is 6. The highest BCUT2D eigenvalue weighted by Crippen LogP contribution is 2.30. The van der Waals surface area contributed by atoms with Crippen LogP contribution >= 0.6 is 0 Å². The Morgan fingerprint density at radius 2 is 2.00 bits per heavy atom. The molecule has 2 N–H and O–H groups in total. The van der Waals surface area contributed by atoms with Gasteiger partial charge in [0.25, 0.3) is 0 Å². The Hall–Kier alpha value is -0.160. The summed E-state index contributed by atoms with van der Waals surface area (Å²) in [6.07, 6.45) is 6.56. The first kappa shape index (κ1) is 14.3. The highest BCUT2D eigenvalue weighted by Gasteiger charge is 2.34. The van der Waals surface area contributed by atoms with Gasteiger partial charge in [-0.05, 0) is 45.2 Å². The molecule has 2 fully saturated rings. The Bertz CT molecular complexity index is 236. The second-order valence-corrected chi connectivity index (χ2v) is 5.88. The molecule has 0 aromatic rings. The van der Waals surface area contributed by atoms with Crippen molar-refractivity contribution >= 4 is 0 Å². The highest BCUT2D eigenvalue weighted by atomic mass is 16.5. The largest absolute Gasteiger partial charge is 0.384 e. The number of ether oxygens (including phenoxy) is 2. The van der Waals surface area contributed by atoms with Gasteiger partial charge in [0.1, 0.15) is 0 Å². The number of piperidine rings is 1. The maximum atomic E-state index is 5.55. The molecule has 2 rings (SSSR count). The van der Waals surface area contributed by atoms with Gasteiger partial charge >= 0.3 is 0 Å². The topological polar surface area (TPSA) is 42.5 Å². The van der Waals surface area contributed by atoms with Crippen molar-refractivity contribution in [1.29, 1.82) is 0 Å². The van der Waals surface area contributed by atoms with Crippen LogP contribution < -0.4 is 10.6 Å². The van der Waals surface area contributed by atoms with Crippen LogP contribution in [0.1, 0.15) is 32.1 Å². The molecule has 0 bridgehead atoms. The third kappa shape index (κ3) is 3.44. The summed E-state index contributed by atoms with van der Waals surface area (Å²) in [7, 11) is 3.65. The second kappa shape index (κ2) is 6.85. The van der Waals surface area contributed by atoms with Crippen molar-refractivity contribution in [1.82, 2.24) is 10.6 Å². The van der Waals surface area contributed by atoms with Gasteiger partial charge in [0.2, 0.25) is 0 Å². The molecular formula is C14H28N2O2. The van der Waals surface area contributed by atoms with Gasteiger partial charge < -0.3 is 20.1 Å². The summed E-state index contributed by atoms with van der Waals surface area (Å²) in [5.41, 5.74) is 0.320. The zero-order valence-electron chi connectivity index (χ0n) is 11.8. The summed E-state index contributed by atoms with van der Waals surface area (Å²) >= 11 is 0. The van der Waals surface area contributed by atoms with Crippen LogP contribution in [0.4, 0.5) is 0 Å². The summed E-state index contributed by atoms with van der Waals surface area (Å²) in [5, 5.41) is 7.18. The molecule has 2 atom stereocenters. The van der Waals surface area contributed by atoms with E-state index < -0.39 is 0 Å². The van der Waals surface area contributed by atoms with Crippen molar-refractivity contribution in [2.75, 3.05) is 40.5 Å². The van der Waals surface area contributed by atoms with Crippen molar-refractivity contribution in [3.8, 4) is 0 Å². The van der Waals surface area contributed by atoms with Crippen molar-refractivity contribution in [3.05, 3.63) is 0 Å². The molecule has 0 aromatic heterocycles. The van der Waals surface area contributed by atoms with Crippen LogP contribution in [-0.2, 0) is 9.47 Å². The zero-order valence-corrected chi connectivity index (χ0v) is 11.8. The van der Waals surface area contributed by atoms with E-state index in [4.69, 9.17) is 9.47 Å². The molecule has 1 aliphatic heterocycles. The van der Waals surface area contributed by atoms with E-state index in [9.17, 15) is 0 Å². The minimum atomic E-state index is 0.320. The van der Waals surface area contributed by atoms with Gasteiger partial charge in [-0.25, -0.2) is 0 Å². The fourth-order valence-electron chi connectivity index (χ4n) is 3.42. The summed E-state index contributed by atoms with van der Waals surface area (Å²) in [6, 6.07) is 0.540. The molecule has 1 aliphatic carbocycles. The van der Waals surface area contributed by atoms with Crippen LogP contribution in [0.25, 0.3) is 0 Å². The van der Waals surface area contributed by atoms with E-state index in [-0.39, 0.29) is 0 Å². The molecule has 0 aromatic carbocycles. The van der Waals surface area contributed by atoms with Crippen LogP contribution in [0.2, 0.25) is 0 Å². The van der Waals surface area contributed by atoms with E-state index in [2.05, 4.69) is 10.6 Å². The maximum Gasteiger partial charge on any atom is 0.0724 e. The lowest BCUT2D eigenvalue weighted by atomic mass is 9.79. The standard InChI is InChI=1S/C14H28N2O2/c1-17-11-14(6-8-15-9-7-14)10-16-12-4-3-5-13(12)18-2/h12-13,15-16H,3-11H2,1-2H3. The fourth-order valence-corrected chi connectivity index (χ4v) is 3.42. The first-order valence-electron chi connectivity index (χ1n) is 7.25. The summed E-state index contributed by atoms with van der Waals surface area (Å²) < 4.78 is 11.0. The van der Waals surface area contributed by atoms with Crippen LogP contribution in [-0.4, -0.2) is 52.6 Å². The first-order chi connectivity index (χ1) is 8.79. The minimum Gasteiger partial charge on any atom is -0.384 e. The predicted octanol–water partition coefficient (Wildman–Crippen LogP) is 1.16. The number of methoxy groups -OCH3 is 2. The summed E-state index contributed by atoms with van der Waals surface area (Å²) in [5.74, 6) is 0. The summed E-state index contributed by atoms with van der Waals surface area (Å²) in [4.78, 5) is 0. The Balaban J connectivity index is 1.85. The van der Waals surface area contributed by atoms with Gasteiger partial charge in [0, 0.05) is 32.2 Å². The first-order valence-corrected chi connectivity index (χ1v) is 7.25. The smallest absolute Gasteiger partial charge is 0.0724 e. The Morgan fingerprint density at radius 1 is 1.22 bits per heavy atom. The lowest BCUT2D eigenvalue weighted by Crippen LogP contribution is -2.49. The average molecular weight is 256 g/mol. The van der Waals surface area contributed by atoms with E-state index in [0.29, 0.717) is 17.6 Å². The van der Waals surface area contributed by atoms with E-state index in [1.807, 2.05) is 14.2 Å². The van der Waals surface area contributed by atoms with Gasteiger partial charge in [-0.1, -0.05) is 0 Å². The molecule has 1 saturated carbocycles.